The molecule has 1 aliphatic heterocycles. The number of hydrogen-bond acceptors (Lipinski definition) is 5. The third kappa shape index (κ3) is 4.36. The zero-order valence-corrected chi connectivity index (χ0v) is 15.7. The number of nitriles is 1. The Balaban J connectivity index is 1.55. The number of hydrogen-bond donors (Lipinski definition) is 2. The van der Waals surface area contributed by atoms with Gasteiger partial charge in [-0.25, -0.2) is 0 Å². The monoisotopic (exact) mass is 363 g/mol. The molecule has 1 spiro atoms. The summed E-state index contributed by atoms with van der Waals surface area (Å²) in [7, 11) is 0. The van der Waals surface area contributed by atoms with Crippen molar-refractivity contribution in [3.63, 3.8) is 0 Å². The second-order valence-electron chi connectivity index (χ2n) is 8.26. The van der Waals surface area contributed by atoms with E-state index in [9.17, 15) is 14.9 Å². The van der Waals surface area contributed by atoms with Gasteiger partial charge in [-0.1, -0.05) is 13.8 Å². The van der Waals surface area contributed by atoms with Gasteiger partial charge in [0.15, 0.2) is 5.79 Å². The Bertz CT molecular complexity index is 578. The first-order valence-corrected chi connectivity index (χ1v) is 9.69. The standard InChI is InChI=1S/C19H29N3O4/c1-13(2)11-15(17(24)22-18(12-20)7-8-18)21-16(23)14-3-5-19(6-4-14)25-9-10-26-19/h13-15H,3-11H2,1-2H3,(H,21,23)(H,22,24)/t15-/m0/s1. The van der Waals surface area contributed by atoms with E-state index in [1.54, 1.807) is 0 Å². The number of carbonyl (C=O) groups is 2. The zero-order valence-electron chi connectivity index (χ0n) is 15.7. The van der Waals surface area contributed by atoms with Gasteiger partial charge in [0.05, 0.1) is 19.3 Å². The van der Waals surface area contributed by atoms with Gasteiger partial charge < -0.3 is 20.1 Å². The van der Waals surface area contributed by atoms with E-state index in [1.165, 1.54) is 0 Å². The lowest BCUT2D eigenvalue weighted by atomic mass is 9.84. The molecule has 0 aromatic heterocycles. The van der Waals surface area contributed by atoms with E-state index in [0.29, 0.717) is 58.2 Å². The molecule has 3 rings (SSSR count). The van der Waals surface area contributed by atoms with Crippen molar-refractivity contribution in [1.82, 2.24) is 10.6 Å². The van der Waals surface area contributed by atoms with Crippen LogP contribution in [-0.4, -0.2) is 42.4 Å². The average molecular weight is 363 g/mol. The fraction of sp³-hybridized carbons (Fsp3) is 0.842. The van der Waals surface area contributed by atoms with Gasteiger partial charge in [0.1, 0.15) is 11.6 Å². The normalized spacial score (nSPS) is 24.8. The summed E-state index contributed by atoms with van der Waals surface area (Å²) in [6, 6.07) is 1.57. The van der Waals surface area contributed by atoms with Crippen molar-refractivity contribution in [2.24, 2.45) is 11.8 Å². The quantitative estimate of drug-likeness (QED) is 0.747. The molecule has 1 heterocycles. The maximum Gasteiger partial charge on any atom is 0.243 e. The van der Waals surface area contributed by atoms with Crippen molar-refractivity contribution in [3.8, 4) is 6.07 Å². The number of nitrogens with one attached hydrogen (secondary N) is 2. The Labute approximate surface area is 154 Å². The Kier molecular flexibility index (Phi) is 5.54. The van der Waals surface area contributed by atoms with E-state index in [0.717, 1.165) is 0 Å². The molecule has 2 N–H and O–H groups in total. The first-order chi connectivity index (χ1) is 12.4. The minimum absolute atomic E-state index is 0.0829. The lowest BCUT2D eigenvalue weighted by Gasteiger charge is -2.35. The highest BCUT2D eigenvalue weighted by molar-refractivity contribution is 5.89. The van der Waals surface area contributed by atoms with E-state index in [2.05, 4.69) is 16.7 Å². The molecule has 0 radical (unpaired) electrons. The Morgan fingerprint density at radius 1 is 1.15 bits per heavy atom. The summed E-state index contributed by atoms with van der Waals surface area (Å²) in [6.45, 7) is 5.27. The first-order valence-electron chi connectivity index (χ1n) is 9.69. The third-order valence-electron chi connectivity index (χ3n) is 5.60. The fourth-order valence-corrected chi connectivity index (χ4v) is 3.81. The van der Waals surface area contributed by atoms with Crippen molar-refractivity contribution in [2.75, 3.05) is 13.2 Å². The topological polar surface area (TPSA) is 100 Å². The van der Waals surface area contributed by atoms with Crippen LogP contribution in [-0.2, 0) is 19.1 Å². The summed E-state index contributed by atoms with van der Waals surface area (Å²) in [6.07, 6.45) is 4.74. The fourth-order valence-electron chi connectivity index (χ4n) is 3.81. The highest BCUT2D eigenvalue weighted by Crippen LogP contribution is 2.38. The lowest BCUT2D eigenvalue weighted by molar-refractivity contribution is -0.183. The minimum atomic E-state index is -0.717. The van der Waals surface area contributed by atoms with Crippen molar-refractivity contribution in [3.05, 3.63) is 0 Å². The van der Waals surface area contributed by atoms with Crippen LogP contribution < -0.4 is 10.6 Å². The molecule has 0 bridgehead atoms. The molecule has 3 aliphatic rings. The summed E-state index contributed by atoms with van der Waals surface area (Å²) >= 11 is 0. The molecule has 1 atom stereocenters. The second-order valence-corrected chi connectivity index (χ2v) is 8.26. The SMILES string of the molecule is CC(C)C[C@H](NC(=O)C1CCC2(CC1)OCCO2)C(=O)NC1(C#N)CC1. The smallest absolute Gasteiger partial charge is 0.243 e. The Morgan fingerprint density at radius 3 is 2.27 bits per heavy atom. The maximum absolute atomic E-state index is 12.7. The molecule has 0 unspecified atom stereocenters. The molecule has 2 aliphatic carbocycles. The maximum atomic E-state index is 12.7. The number of amides is 2. The van der Waals surface area contributed by atoms with E-state index in [-0.39, 0.29) is 23.7 Å². The third-order valence-corrected chi connectivity index (χ3v) is 5.60. The van der Waals surface area contributed by atoms with Gasteiger partial charge in [0, 0.05) is 18.8 Å². The Hall–Kier alpha value is -1.65. The molecule has 0 aromatic rings. The average Bonchev–Trinajstić information content (AvgIpc) is 3.25. The van der Waals surface area contributed by atoms with Gasteiger partial charge in [-0.05, 0) is 38.0 Å². The van der Waals surface area contributed by atoms with Crippen LogP contribution in [0, 0.1) is 23.2 Å². The second kappa shape index (κ2) is 7.53. The number of carbonyl (C=O) groups excluding carboxylic acids is 2. The van der Waals surface area contributed by atoms with E-state index in [1.807, 2.05) is 13.8 Å². The predicted molar refractivity (Wildman–Crippen MR) is 93.7 cm³/mol. The highest BCUT2D eigenvalue weighted by Gasteiger charge is 2.46. The number of rotatable bonds is 6. The first kappa shape index (κ1) is 19.1. The van der Waals surface area contributed by atoms with E-state index >= 15 is 0 Å². The number of ether oxygens (including phenoxy) is 2. The van der Waals surface area contributed by atoms with Crippen molar-refractivity contribution >= 4 is 11.8 Å². The predicted octanol–water partition coefficient (Wildman–Crippen LogP) is 1.62. The van der Waals surface area contributed by atoms with Crippen LogP contribution in [0.2, 0.25) is 0 Å². The molecule has 1 saturated heterocycles. The van der Waals surface area contributed by atoms with Crippen LogP contribution in [0.1, 0.15) is 58.8 Å². The molecule has 26 heavy (non-hydrogen) atoms. The van der Waals surface area contributed by atoms with Gasteiger partial charge in [-0.2, -0.15) is 5.26 Å². The van der Waals surface area contributed by atoms with E-state index < -0.39 is 17.4 Å². The van der Waals surface area contributed by atoms with Gasteiger partial charge in [0.2, 0.25) is 11.8 Å². The summed E-state index contributed by atoms with van der Waals surface area (Å²) in [4.78, 5) is 25.3. The zero-order chi connectivity index (χ0) is 18.8. The summed E-state index contributed by atoms with van der Waals surface area (Å²) < 4.78 is 11.4. The van der Waals surface area contributed by atoms with Crippen molar-refractivity contribution in [2.45, 2.75) is 76.2 Å². The summed E-state index contributed by atoms with van der Waals surface area (Å²) in [5.74, 6) is -0.683. The molecular weight excluding hydrogens is 334 g/mol. The van der Waals surface area contributed by atoms with Crippen molar-refractivity contribution < 1.29 is 19.1 Å². The molecule has 2 saturated carbocycles. The van der Waals surface area contributed by atoms with Gasteiger partial charge in [-0.3, -0.25) is 9.59 Å². The molecule has 2 amide bonds. The molecular formula is C19H29N3O4. The highest BCUT2D eigenvalue weighted by atomic mass is 16.7. The van der Waals surface area contributed by atoms with Crippen LogP contribution in [0.15, 0.2) is 0 Å². The summed E-state index contributed by atoms with van der Waals surface area (Å²) in [5.41, 5.74) is -0.717. The van der Waals surface area contributed by atoms with Gasteiger partial charge in [-0.15, -0.1) is 0 Å². The van der Waals surface area contributed by atoms with Crippen LogP contribution in [0.25, 0.3) is 0 Å². The molecule has 7 heteroatoms. The lowest BCUT2D eigenvalue weighted by Crippen LogP contribution is -2.52. The van der Waals surface area contributed by atoms with Gasteiger partial charge in [0.25, 0.3) is 0 Å². The molecule has 144 valence electrons. The van der Waals surface area contributed by atoms with E-state index in [4.69, 9.17) is 9.47 Å². The number of nitrogens with zero attached hydrogens (tertiary/aromatic N) is 1. The Morgan fingerprint density at radius 2 is 1.77 bits per heavy atom. The summed E-state index contributed by atoms with van der Waals surface area (Å²) in [5, 5.41) is 14.9. The van der Waals surface area contributed by atoms with Crippen LogP contribution >= 0.6 is 0 Å². The van der Waals surface area contributed by atoms with Crippen LogP contribution in [0.4, 0.5) is 0 Å². The minimum Gasteiger partial charge on any atom is -0.348 e. The van der Waals surface area contributed by atoms with Crippen LogP contribution in [0.5, 0.6) is 0 Å². The molecule has 7 nitrogen and oxygen atoms in total. The molecule has 0 aromatic carbocycles. The van der Waals surface area contributed by atoms with Crippen LogP contribution in [0.3, 0.4) is 0 Å². The van der Waals surface area contributed by atoms with Crippen molar-refractivity contribution in [1.29, 1.82) is 5.26 Å². The largest absolute Gasteiger partial charge is 0.348 e. The molecule has 3 fully saturated rings. The van der Waals surface area contributed by atoms with Gasteiger partial charge >= 0.3 is 0 Å².